The number of benzene rings is 1. The van der Waals surface area contributed by atoms with Crippen LogP contribution < -0.4 is 15.0 Å². The molecular formula is C23H29ClN6O2. The summed E-state index contributed by atoms with van der Waals surface area (Å²) in [4.78, 5) is 19.5. The third-order valence-electron chi connectivity index (χ3n) is 5.76. The molecule has 32 heavy (non-hydrogen) atoms. The van der Waals surface area contributed by atoms with E-state index in [1.165, 1.54) is 0 Å². The number of aromatic nitrogens is 2. The molecule has 0 unspecified atom stereocenters. The van der Waals surface area contributed by atoms with Crippen molar-refractivity contribution in [3.63, 3.8) is 0 Å². The molecule has 9 heteroatoms. The zero-order valence-electron chi connectivity index (χ0n) is 18.3. The smallest absolute Gasteiger partial charge is 0.224 e. The van der Waals surface area contributed by atoms with Crippen LogP contribution in [-0.4, -0.2) is 61.3 Å². The van der Waals surface area contributed by atoms with Gasteiger partial charge in [-0.15, -0.1) is 0 Å². The van der Waals surface area contributed by atoms with Crippen LogP contribution in [0, 0.1) is 0 Å². The fourth-order valence-corrected chi connectivity index (χ4v) is 4.30. The summed E-state index contributed by atoms with van der Waals surface area (Å²) in [6.45, 7) is 8.79. The van der Waals surface area contributed by atoms with Crippen molar-refractivity contribution in [2.24, 2.45) is 9.98 Å². The second-order valence-corrected chi connectivity index (χ2v) is 8.28. The van der Waals surface area contributed by atoms with Crippen LogP contribution in [0.4, 0.5) is 23.0 Å². The van der Waals surface area contributed by atoms with Gasteiger partial charge in [-0.25, -0.2) is 9.97 Å². The third kappa shape index (κ3) is 5.55. The van der Waals surface area contributed by atoms with Gasteiger partial charge in [0.2, 0.25) is 5.95 Å². The lowest BCUT2D eigenvalue weighted by atomic mass is 9.93. The van der Waals surface area contributed by atoms with Crippen molar-refractivity contribution in [2.45, 2.75) is 44.8 Å². The van der Waals surface area contributed by atoms with E-state index in [9.17, 15) is 0 Å². The summed E-state index contributed by atoms with van der Waals surface area (Å²) in [5.74, 6) is 1.31. The van der Waals surface area contributed by atoms with E-state index >= 15 is 0 Å². The monoisotopic (exact) mass is 456 g/mol. The van der Waals surface area contributed by atoms with E-state index in [1.54, 1.807) is 18.5 Å². The Kier molecular flexibility index (Phi) is 7.55. The number of hydrogen-bond acceptors (Lipinski definition) is 8. The molecule has 2 fully saturated rings. The van der Waals surface area contributed by atoms with E-state index in [0.717, 1.165) is 69.1 Å². The molecule has 1 aliphatic carbocycles. The topological polar surface area (TPSA) is 84.2 Å². The Labute approximate surface area is 193 Å². The van der Waals surface area contributed by atoms with Crippen molar-refractivity contribution in [1.82, 2.24) is 9.97 Å². The van der Waals surface area contributed by atoms with Gasteiger partial charge >= 0.3 is 0 Å². The zero-order chi connectivity index (χ0) is 22.3. The molecule has 0 atom stereocenters. The van der Waals surface area contributed by atoms with Crippen molar-refractivity contribution in [3.05, 3.63) is 29.5 Å². The molecule has 0 spiro atoms. The number of halogens is 1. The highest BCUT2D eigenvalue weighted by atomic mass is 35.5. The molecular weight excluding hydrogens is 428 g/mol. The maximum Gasteiger partial charge on any atom is 0.224 e. The molecule has 4 rings (SSSR count). The molecule has 0 radical (unpaired) electrons. The molecule has 2 aliphatic rings. The first kappa shape index (κ1) is 22.5. The molecule has 0 amide bonds. The first-order chi connectivity index (χ1) is 15.7. The summed E-state index contributed by atoms with van der Waals surface area (Å²) in [5, 5.41) is 3.82. The number of ether oxygens (including phenoxy) is 2. The van der Waals surface area contributed by atoms with Crippen molar-refractivity contribution in [2.75, 3.05) is 36.5 Å². The van der Waals surface area contributed by atoms with Crippen molar-refractivity contribution in [3.8, 4) is 5.75 Å². The lowest BCUT2D eigenvalue weighted by Crippen LogP contribution is -2.36. The van der Waals surface area contributed by atoms with E-state index in [0.29, 0.717) is 22.8 Å². The summed E-state index contributed by atoms with van der Waals surface area (Å²) in [6, 6.07) is 6.08. The van der Waals surface area contributed by atoms with E-state index in [2.05, 4.69) is 43.0 Å². The van der Waals surface area contributed by atoms with Gasteiger partial charge in [-0.1, -0.05) is 11.6 Å². The van der Waals surface area contributed by atoms with Gasteiger partial charge in [-0.05, 0) is 51.5 Å². The number of morpholine rings is 1. The fourth-order valence-electron chi connectivity index (χ4n) is 4.16. The summed E-state index contributed by atoms with van der Waals surface area (Å²) >= 11 is 5.96. The number of aliphatic imine (C=N–C) groups is 2. The number of anilines is 2. The van der Waals surface area contributed by atoms with Gasteiger partial charge in [0, 0.05) is 43.3 Å². The van der Waals surface area contributed by atoms with Crippen molar-refractivity contribution >= 4 is 47.5 Å². The lowest BCUT2D eigenvalue weighted by Gasteiger charge is -2.32. The molecule has 2 aromatic rings. The van der Waals surface area contributed by atoms with Crippen LogP contribution in [0.3, 0.4) is 0 Å². The predicted octanol–water partition coefficient (Wildman–Crippen LogP) is 4.82. The SMILES string of the molecule is C=Nc1c(/N=C\C)cc(N2CCOCC2)cc1O[C@H]1CC[C@@H](Nc2nccc(Cl)n2)CC1. The Morgan fingerprint density at radius 3 is 2.72 bits per heavy atom. The molecule has 1 N–H and O–H groups in total. The van der Waals surface area contributed by atoms with E-state index in [4.69, 9.17) is 21.1 Å². The van der Waals surface area contributed by atoms with Gasteiger partial charge < -0.3 is 19.7 Å². The molecule has 1 saturated heterocycles. The quantitative estimate of drug-likeness (QED) is 0.474. The first-order valence-electron chi connectivity index (χ1n) is 11.0. The van der Waals surface area contributed by atoms with Crippen LogP contribution >= 0.6 is 11.6 Å². The summed E-state index contributed by atoms with van der Waals surface area (Å²) < 4.78 is 12.0. The van der Waals surface area contributed by atoms with E-state index in [1.807, 2.05) is 13.0 Å². The lowest BCUT2D eigenvalue weighted by molar-refractivity contribution is 0.122. The number of hydrogen-bond donors (Lipinski definition) is 1. The molecule has 1 saturated carbocycles. The van der Waals surface area contributed by atoms with Crippen LogP contribution in [0.1, 0.15) is 32.6 Å². The Morgan fingerprint density at radius 1 is 1.25 bits per heavy atom. The summed E-state index contributed by atoms with van der Waals surface area (Å²) in [7, 11) is 0. The minimum Gasteiger partial charge on any atom is -0.488 e. The average molecular weight is 457 g/mol. The minimum atomic E-state index is 0.104. The van der Waals surface area contributed by atoms with Crippen molar-refractivity contribution in [1.29, 1.82) is 0 Å². The van der Waals surface area contributed by atoms with Gasteiger partial charge in [0.15, 0.2) is 0 Å². The maximum atomic E-state index is 6.47. The highest BCUT2D eigenvalue weighted by molar-refractivity contribution is 6.29. The zero-order valence-corrected chi connectivity index (χ0v) is 19.1. The highest BCUT2D eigenvalue weighted by Crippen LogP contribution is 2.43. The molecule has 1 aromatic heterocycles. The second-order valence-electron chi connectivity index (χ2n) is 7.90. The van der Waals surface area contributed by atoms with Crippen LogP contribution in [0.15, 0.2) is 34.4 Å². The van der Waals surface area contributed by atoms with Gasteiger partial charge in [-0.3, -0.25) is 9.98 Å². The Bertz CT molecular complexity index is 955. The van der Waals surface area contributed by atoms with Gasteiger partial charge in [0.25, 0.3) is 0 Å². The number of nitrogens with zero attached hydrogens (tertiary/aromatic N) is 5. The van der Waals surface area contributed by atoms with Crippen molar-refractivity contribution < 1.29 is 9.47 Å². The highest BCUT2D eigenvalue weighted by Gasteiger charge is 2.25. The Hall–Kier alpha value is -2.71. The molecule has 0 bridgehead atoms. The molecule has 170 valence electrons. The largest absolute Gasteiger partial charge is 0.488 e. The molecule has 2 heterocycles. The van der Waals surface area contributed by atoms with E-state index < -0.39 is 0 Å². The first-order valence-corrected chi connectivity index (χ1v) is 11.4. The molecule has 1 aliphatic heterocycles. The Morgan fingerprint density at radius 2 is 2.03 bits per heavy atom. The second kappa shape index (κ2) is 10.7. The van der Waals surface area contributed by atoms with Crippen LogP contribution in [0.2, 0.25) is 5.15 Å². The van der Waals surface area contributed by atoms with Crippen LogP contribution in [0.5, 0.6) is 5.75 Å². The maximum absolute atomic E-state index is 6.47. The van der Waals surface area contributed by atoms with Gasteiger partial charge in [-0.2, -0.15) is 0 Å². The standard InChI is InChI=1S/C23H29ClN6O2/c1-3-26-19-14-17(30-10-12-31-13-11-30)15-20(22(19)25-2)32-18-6-4-16(5-7-18)28-23-27-9-8-21(24)29-23/h3,8-9,14-16,18H,2,4-7,10-13H2,1H3,(H,27,28,29)/b26-3-/t16-,18+. The molecule has 8 nitrogen and oxygen atoms in total. The Balaban J connectivity index is 1.46. The number of rotatable bonds is 7. The number of nitrogens with one attached hydrogen (secondary N) is 1. The van der Waals surface area contributed by atoms with E-state index in [-0.39, 0.29) is 6.10 Å². The summed E-state index contributed by atoms with van der Waals surface area (Å²) in [5.41, 5.74) is 2.53. The van der Waals surface area contributed by atoms with Crippen LogP contribution in [0.25, 0.3) is 0 Å². The molecule has 1 aromatic carbocycles. The van der Waals surface area contributed by atoms with Gasteiger partial charge in [0.1, 0.15) is 16.6 Å². The minimum absolute atomic E-state index is 0.104. The average Bonchev–Trinajstić information content (AvgIpc) is 2.81. The summed E-state index contributed by atoms with van der Waals surface area (Å²) in [6.07, 6.45) is 7.29. The fraction of sp³-hybridized carbons (Fsp3) is 0.478. The van der Waals surface area contributed by atoms with Gasteiger partial charge in [0.05, 0.1) is 25.0 Å². The third-order valence-corrected chi connectivity index (χ3v) is 5.98. The predicted molar refractivity (Wildman–Crippen MR) is 130 cm³/mol. The van der Waals surface area contributed by atoms with Crippen LogP contribution in [-0.2, 0) is 4.74 Å². The normalized spacial score (nSPS) is 21.5.